The van der Waals surface area contributed by atoms with Crippen molar-refractivity contribution < 1.29 is 28.2 Å². The molecule has 0 saturated heterocycles. The number of para-hydroxylation sites is 2. The molecule has 0 aliphatic heterocycles. The Labute approximate surface area is 275 Å². The average Bonchev–Trinajstić information content (AvgIpc) is 3.02. The third-order valence-corrected chi connectivity index (χ3v) is 7.38. The molecule has 0 saturated carbocycles. The second kappa shape index (κ2) is 16.7. The van der Waals surface area contributed by atoms with E-state index in [0.717, 1.165) is 67.1 Å². The number of nitrogens with zero attached hydrogens (tertiary/aromatic N) is 3. The van der Waals surface area contributed by atoms with Crippen LogP contribution in [0.5, 0.6) is 11.6 Å². The Hall–Kier alpha value is -4.80. The average molecular weight is 646 g/mol. The molecule has 11 heteroatoms. The normalized spacial score (nSPS) is 11.3. The van der Waals surface area contributed by atoms with Crippen LogP contribution in [-0.2, 0) is 9.53 Å². The number of anilines is 2. The van der Waals surface area contributed by atoms with Gasteiger partial charge in [-0.1, -0.05) is 44.2 Å². The van der Waals surface area contributed by atoms with Crippen LogP contribution in [0.4, 0.5) is 20.6 Å². The number of benzene rings is 2. The van der Waals surface area contributed by atoms with Crippen molar-refractivity contribution in [1.29, 1.82) is 0 Å². The molecule has 2 aromatic carbocycles. The molecule has 0 spiro atoms. The number of unbranched alkanes of at least 4 members (excludes halogenated alkanes) is 6. The molecule has 2 aromatic heterocycles. The van der Waals surface area contributed by atoms with E-state index in [-0.39, 0.29) is 11.8 Å². The van der Waals surface area contributed by atoms with E-state index in [0.29, 0.717) is 35.7 Å². The smallest absolute Gasteiger partial charge is 0.412 e. The van der Waals surface area contributed by atoms with Crippen LogP contribution >= 0.6 is 0 Å². The van der Waals surface area contributed by atoms with Crippen LogP contribution in [0.1, 0.15) is 77.8 Å². The third-order valence-electron chi connectivity index (χ3n) is 7.38. The summed E-state index contributed by atoms with van der Waals surface area (Å²) in [6.45, 7) is 7.82. The highest BCUT2D eigenvalue weighted by Gasteiger charge is 2.18. The Morgan fingerprint density at radius 1 is 0.851 bits per heavy atom. The molecule has 0 bridgehead atoms. The van der Waals surface area contributed by atoms with Crippen molar-refractivity contribution in [2.24, 2.45) is 0 Å². The number of halogens is 1. The minimum absolute atomic E-state index is 0.0521. The van der Waals surface area contributed by atoms with E-state index >= 15 is 0 Å². The zero-order valence-corrected chi connectivity index (χ0v) is 27.8. The Morgan fingerprint density at radius 2 is 1.53 bits per heavy atom. The van der Waals surface area contributed by atoms with Crippen LogP contribution in [0.2, 0.25) is 0 Å². The quantitative estimate of drug-likeness (QED) is 0.123. The van der Waals surface area contributed by atoms with Gasteiger partial charge in [-0.3, -0.25) is 10.1 Å². The molecule has 0 fully saturated rings. The van der Waals surface area contributed by atoms with Gasteiger partial charge in [-0.25, -0.2) is 24.1 Å². The predicted octanol–water partition coefficient (Wildman–Crippen LogP) is 8.63. The van der Waals surface area contributed by atoms with Crippen LogP contribution in [0.15, 0.2) is 55.0 Å². The number of hydrogen-bond donors (Lipinski definition) is 2. The first-order valence-electron chi connectivity index (χ1n) is 16.0. The maximum absolute atomic E-state index is 14.4. The summed E-state index contributed by atoms with van der Waals surface area (Å²) in [4.78, 5) is 37.5. The minimum Gasteiger partial charge on any atom is -0.491 e. The van der Waals surface area contributed by atoms with E-state index in [1.54, 1.807) is 51.2 Å². The molecular formula is C36H44FN5O5. The van der Waals surface area contributed by atoms with Gasteiger partial charge in [0.15, 0.2) is 5.82 Å². The first-order chi connectivity index (χ1) is 22.5. The maximum Gasteiger partial charge on any atom is 0.412 e. The number of aryl methyl sites for hydroxylation is 1. The fraction of sp³-hybridized carbons (Fsp3) is 0.417. The Balaban J connectivity index is 1.16. The van der Waals surface area contributed by atoms with Crippen LogP contribution in [-0.4, -0.2) is 46.3 Å². The minimum atomic E-state index is -0.617. The largest absolute Gasteiger partial charge is 0.491 e. The summed E-state index contributed by atoms with van der Waals surface area (Å²) in [5.74, 6) is -0.0529. The zero-order valence-electron chi connectivity index (χ0n) is 27.8. The van der Waals surface area contributed by atoms with Gasteiger partial charge in [-0.05, 0) is 76.4 Å². The van der Waals surface area contributed by atoms with Crippen LogP contribution in [0.3, 0.4) is 0 Å². The summed E-state index contributed by atoms with van der Waals surface area (Å²) in [5, 5.41) is 6.44. The molecule has 0 aliphatic carbocycles. The molecule has 250 valence electrons. The van der Waals surface area contributed by atoms with Gasteiger partial charge in [-0.2, -0.15) is 0 Å². The highest BCUT2D eigenvalue weighted by Crippen LogP contribution is 2.33. The monoisotopic (exact) mass is 645 g/mol. The number of methoxy groups -OCH3 is 1. The van der Waals surface area contributed by atoms with Crippen molar-refractivity contribution in [3.05, 3.63) is 66.5 Å². The molecule has 10 nitrogen and oxygen atoms in total. The van der Waals surface area contributed by atoms with Gasteiger partial charge < -0.3 is 19.5 Å². The van der Waals surface area contributed by atoms with Crippen LogP contribution < -0.4 is 20.1 Å². The van der Waals surface area contributed by atoms with Crippen molar-refractivity contribution in [1.82, 2.24) is 15.0 Å². The van der Waals surface area contributed by atoms with Crippen molar-refractivity contribution >= 4 is 34.3 Å². The van der Waals surface area contributed by atoms with E-state index in [9.17, 15) is 14.0 Å². The SMILES string of the molecule is COc1ncc(-c2cc(OCCCCCCCCCC(=O)Nc3ccccc3NC(=O)OC(C)(C)C)c3ncnc(C)c3c2)cc1F. The summed E-state index contributed by atoms with van der Waals surface area (Å²) in [5.41, 5.74) is 3.31. The van der Waals surface area contributed by atoms with E-state index in [4.69, 9.17) is 14.2 Å². The van der Waals surface area contributed by atoms with E-state index in [1.807, 2.05) is 19.1 Å². The fourth-order valence-electron chi connectivity index (χ4n) is 5.05. The lowest BCUT2D eigenvalue weighted by molar-refractivity contribution is -0.116. The molecular weight excluding hydrogens is 601 g/mol. The topological polar surface area (TPSA) is 125 Å². The standard InChI is InChI=1S/C36H44FN5O5/c1-24-27-19-25(26-20-28(37)34(45-5)38-22-26)21-31(33(27)40-23-39-24)46-18-14-10-8-6-7-9-11-17-32(43)41-29-15-12-13-16-30(29)42-35(44)47-36(2,3)4/h12-13,15-16,19-23H,6-11,14,17-18H2,1-5H3,(H,41,43)(H,42,44). The van der Waals surface area contributed by atoms with Gasteiger partial charge in [0.2, 0.25) is 11.8 Å². The van der Waals surface area contributed by atoms with Crippen molar-refractivity contribution in [2.75, 3.05) is 24.4 Å². The molecule has 0 aliphatic rings. The molecule has 0 unspecified atom stereocenters. The maximum atomic E-state index is 14.4. The molecule has 2 N–H and O–H groups in total. The number of amides is 2. The number of hydrogen-bond acceptors (Lipinski definition) is 8. The summed E-state index contributed by atoms with van der Waals surface area (Å²) >= 11 is 0. The van der Waals surface area contributed by atoms with Gasteiger partial charge in [0.05, 0.1) is 25.1 Å². The third kappa shape index (κ3) is 10.6. The molecule has 0 radical (unpaired) electrons. The fourth-order valence-corrected chi connectivity index (χ4v) is 5.05. The van der Waals surface area contributed by atoms with Gasteiger partial charge in [0.25, 0.3) is 0 Å². The second-order valence-electron chi connectivity index (χ2n) is 12.3. The second-order valence-corrected chi connectivity index (χ2v) is 12.3. The van der Waals surface area contributed by atoms with Crippen LogP contribution in [0.25, 0.3) is 22.0 Å². The summed E-state index contributed by atoms with van der Waals surface area (Å²) in [6.07, 6.45) is 9.76. The number of ether oxygens (including phenoxy) is 3. The number of carbonyl (C=O) groups is 2. The lowest BCUT2D eigenvalue weighted by atomic mass is 10.0. The molecule has 4 aromatic rings. The van der Waals surface area contributed by atoms with Crippen molar-refractivity contribution in [2.45, 2.75) is 84.7 Å². The van der Waals surface area contributed by atoms with Gasteiger partial charge in [0, 0.05) is 29.3 Å². The van der Waals surface area contributed by atoms with E-state index in [2.05, 4.69) is 25.6 Å². The molecule has 47 heavy (non-hydrogen) atoms. The van der Waals surface area contributed by atoms with E-state index < -0.39 is 17.5 Å². The summed E-state index contributed by atoms with van der Waals surface area (Å²) < 4.78 is 30.8. The molecule has 2 heterocycles. The van der Waals surface area contributed by atoms with Crippen LogP contribution in [0, 0.1) is 12.7 Å². The van der Waals surface area contributed by atoms with E-state index in [1.165, 1.54) is 19.5 Å². The molecule has 2 amide bonds. The number of aromatic nitrogens is 3. The zero-order chi connectivity index (χ0) is 33.8. The van der Waals surface area contributed by atoms with Gasteiger partial charge in [0.1, 0.15) is 23.2 Å². The van der Waals surface area contributed by atoms with Gasteiger partial charge >= 0.3 is 6.09 Å². The molecule has 4 rings (SSSR count). The lowest BCUT2D eigenvalue weighted by Gasteiger charge is -2.20. The Bertz CT molecular complexity index is 1670. The predicted molar refractivity (Wildman–Crippen MR) is 181 cm³/mol. The number of pyridine rings is 1. The van der Waals surface area contributed by atoms with Crippen molar-refractivity contribution in [3.8, 4) is 22.8 Å². The Morgan fingerprint density at radius 3 is 2.21 bits per heavy atom. The van der Waals surface area contributed by atoms with Crippen molar-refractivity contribution in [3.63, 3.8) is 0 Å². The molecule has 0 atom stereocenters. The summed E-state index contributed by atoms with van der Waals surface area (Å²) in [6, 6.07) is 12.3. The number of carbonyl (C=O) groups excluding carboxylic acids is 2. The highest BCUT2D eigenvalue weighted by atomic mass is 19.1. The number of fused-ring (bicyclic) bond motifs is 1. The number of nitrogens with one attached hydrogen (secondary N) is 2. The Kier molecular flexibility index (Phi) is 12.4. The number of rotatable bonds is 15. The highest BCUT2D eigenvalue weighted by molar-refractivity contribution is 5.97. The lowest BCUT2D eigenvalue weighted by Crippen LogP contribution is -2.27. The van der Waals surface area contributed by atoms with Gasteiger partial charge in [-0.15, -0.1) is 0 Å². The summed E-state index contributed by atoms with van der Waals surface area (Å²) in [7, 11) is 1.38. The first-order valence-corrected chi connectivity index (χ1v) is 16.0. The first kappa shape index (κ1) is 35.1.